The standard InChI is InChI=1S/C29H24F3N3O4/c30-29(31,32)20-11-13-25(34-23-9-5-4-8-21(23)27(36)37)26(15-20)35-24-12-10-19(14-22(24)28(38)39)17-33-16-18-6-2-1-3-7-18/h1-15,33-35H,16-17H2,(H,36,37)(H,38,39). The molecule has 0 bridgehead atoms. The first-order valence-corrected chi connectivity index (χ1v) is 11.8. The van der Waals surface area contributed by atoms with Crippen molar-refractivity contribution in [3.05, 3.63) is 119 Å². The smallest absolute Gasteiger partial charge is 0.416 e. The molecular formula is C29H24F3N3O4. The minimum Gasteiger partial charge on any atom is -0.478 e. The molecule has 4 aromatic carbocycles. The van der Waals surface area contributed by atoms with Crippen LogP contribution in [-0.4, -0.2) is 22.2 Å². The Morgan fingerprint density at radius 3 is 1.90 bits per heavy atom. The Balaban J connectivity index is 1.64. The second kappa shape index (κ2) is 11.7. The van der Waals surface area contributed by atoms with E-state index in [4.69, 9.17) is 0 Å². The summed E-state index contributed by atoms with van der Waals surface area (Å²) in [4.78, 5) is 23.7. The van der Waals surface area contributed by atoms with Gasteiger partial charge in [-0.3, -0.25) is 0 Å². The molecule has 5 N–H and O–H groups in total. The number of alkyl halides is 3. The molecule has 7 nitrogen and oxygen atoms in total. The minimum absolute atomic E-state index is 0.0724. The van der Waals surface area contributed by atoms with E-state index in [9.17, 15) is 33.0 Å². The molecule has 0 aromatic heterocycles. The zero-order chi connectivity index (χ0) is 28.0. The van der Waals surface area contributed by atoms with Gasteiger partial charge in [-0.25, -0.2) is 9.59 Å². The molecule has 0 saturated heterocycles. The number of benzene rings is 4. The van der Waals surface area contributed by atoms with Crippen LogP contribution in [0.2, 0.25) is 0 Å². The van der Waals surface area contributed by atoms with E-state index in [1.807, 2.05) is 30.3 Å². The third-order valence-corrected chi connectivity index (χ3v) is 5.86. The molecular weight excluding hydrogens is 511 g/mol. The lowest BCUT2D eigenvalue weighted by Gasteiger charge is -2.19. The number of carboxylic acids is 2. The molecule has 4 rings (SSSR count). The summed E-state index contributed by atoms with van der Waals surface area (Å²) in [5.41, 5.74) is 0.833. The maximum absolute atomic E-state index is 13.5. The van der Waals surface area contributed by atoms with Crippen LogP contribution in [0.3, 0.4) is 0 Å². The molecule has 200 valence electrons. The Kier molecular flexibility index (Phi) is 8.16. The van der Waals surface area contributed by atoms with Gasteiger partial charge in [-0.1, -0.05) is 48.5 Å². The molecule has 0 atom stereocenters. The molecule has 0 aliphatic heterocycles. The van der Waals surface area contributed by atoms with Gasteiger partial charge in [0.15, 0.2) is 0 Å². The van der Waals surface area contributed by atoms with Gasteiger partial charge in [0.25, 0.3) is 0 Å². The fraction of sp³-hybridized carbons (Fsp3) is 0.103. The lowest BCUT2D eigenvalue weighted by Crippen LogP contribution is -2.14. The predicted molar refractivity (Wildman–Crippen MR) is 142 cm³/mol. The Hall–Kier alpha value is -4.83. The van der Waals surface area contributed by atoms with Crippen LogP contribution in [0.15, 0.2) is 91.0 Å². The second-order valence-corrected chi connectivity index (χ2v) is 8.63. The number of halogens is 3. The van der Waals surface area contributed by atoms with Crippen LogP contribution in [0.4, 0.5) is 35.9 Å². The molecule has 0 radical (unpaired) electrons. The minimum atomic E-state index is -4.65. The van der Waals surface area contributed by atoms with Crippen LogP contribution in [-0.2, 0) is 19.3 Å². The van der Waals surface area contributed by atoms with Crippen LogP contribution < -0.4 is 16.0 Å². The predicted octanol–water partition coefficient (Wildman–Crippen LogP) is 6.88. The highest BCUT2D eigenvalue weighted by Gasteiger charge is 2.31. The third-order valence-electron chi connectivity index (χ3n) is 5.86. The van der Waals surface area contributed by atoms with E-state index < -0.39 is 23.7 Å². The molecule has 4 aromatic rings. The number of anilines is 4. The van der Waals surface area contributed by atoms with Gasteiger partial charge in [0.05, 0.1) is 39.4 Å². The lowest BCUT2D eigenvalue weighted by atomic mass is 10.1. The van der Waals surface area contributed by atoms with Crippen LogP contribution in [0.25, 0.3) is 0 Å². The lowest BCUT2D eigenvalue weighted by molar-refractivity contribution is -0.137. The van der Waals surface area contributed by atoms with E-state index in [-0.39, 0.29) is 33.9 Å². The van der Waals surface area contributed by atoms with E-state index in [0.29, 0.717) is 18.7 Å². The first kappa shape index (κ1) is 27.2. The number of rotatable bonds is 10. The molecule has 39 heavy (non-hydrogen) atoms. The monoisotopic (exact) mass is 535 g/mol. The van der Waals surface area contributed by atoms with E-state index in [1.165, 1.54) is 30.3 Å². The molecule has 0 aliphatic carbocycles. The van der Waals surface area contributed by atoms with Crippen LogP contribution in [0, 0.1) is 0 Å². The quantitative estimate of drug-likeness (QED) is 0.151. The van der Waals surface area contributed by atoms with Crippen molar-refractivity contribution in [3.63, 3.8) is 0 Å². The Morgan fingerprint density at radius 2 is 1.21 bits per heavy atom. The van der Waals surface area contributed by atoms with Crippen molar-refractivity contribution < 1.29 is 33.0 Å². The maximum Gasteiger partial charge on any atom is 0.416 e. The van der Waals surface area contributed by atoms with Crippen LogP contribution >= 0.6 is 0 Å². The summed E-state index contributed by atoms with van der Waals surface area (Å²) in [6.07, 6.45) is -4.65. The van der Waals surface area contributed by atoms with Gasteiger partial charge in [0, 0.05) is 13.1 Å². The summed E-state index contributed by atoms with van der Waals surface area (Å²) >= 11 is 0. The zero-order valence-electron chi connectivity index (χ0n) is 20.4. The summed E-state index contributed by atoms with van der Waals surface area (Å²) in [6.45, 7) is 0.943. The van der Waals surface area contributed by atoms with Crippen molar-refractivity contribution in [2.24, 2.45) is 0 Å². The van der Waals surface area contributed by atoms with Crippen molar-refractivity contribution in [2.75, 3.05) is 10.6 Å². The summed E-state index contributed by atoms with van der Waals surface area (Å²) in [5.74, 6) is -2.48. The van der Waals surface area contributed by atoms with E-state index in [0.717, 1.165) is 23.8 Å². The highest BCUT2D eigenvalue weighted by atomic mass is 19.4. The van der Waals surface area contributed by atoms with Gasteiger partial charge < -0.3 is 26.2 Å². The molecule has 0 aliphatic rings. The van der Waals surface area contributed by atoms with E-state index in [1.54, 1.807) is 12.1 Å². The highest BCUT2D eigenvalue weighted by molar-refractivity contribution is 5.98. The van der Waals surface area contributed by atoms with Crippen LogP contribution in [0.5, 0.6) is 0 Å². The van der Waals surface area contributed by atoms with Crippen LogP contribution in [0.1, 0.15) is 37.4 Å². The number of nitrogens with one attached hydrogen (secondary N) is 3. The van der Waals surface area contributed by atoms with Gasteiger partial charge in [0.1, 0.15) is 0 Å². The van der Waals surface area contributed by atoms with Crippen molar-refractivity contribution in [1.82, 2.24) is 5.32 Å². The fourth-order valence-electron chi connectivity index (χ4n) is 3.94. The van der Waals surface area contributed by atoms with Crippen molar-refractivity contribution in [3.8, 4) is 0 Å². The van der Waals surface area contributed by atoms with Crippen molar-refractivity contribution in [1.29, 1.82) is 0 Å². The molecule has 0 saturated carbocycles. The van der Waals surface area contributed by atoms with Gasteiger partial charge in [-0.05, 0) is 53.6 Å². The average molecular weight is 536 g/mol. The van der Waals surface area contributed by atoms with Gasteiger partial charge in [0.2, 0.25) is 0 Å². The van der Waals surface area contributed by atoms with E-state index in [2.05, 4.69) is 16.0 Å². The second-order valence-electron chi connectivity index (χ2n) is 8.63. The van der Waals surface area contributed by atoms with Crippen molar-refractivity contribution in [2.45, 2.75) is 19.3 Å². The third kappa shape index (κ3) is 6.93. The normalized spacial score (nSPS) is 11.2. The van der Waals surface area contributed by atoms with Crippen molar-refractivity contribution >= 4 is 34.7 Å². The number of hydrogen-bond acceptors (Lipinski definition) is 5. The Bertz CT molecular complexity index is 1490. The summed E-state index contributed by atoms with van der Waals surface area (Å²) in [7, 11) is 0. The summed E-state index contributed by atoms with van der Waals surface area (Å²) in [5, 5.41) is 28.2. The maximum atomic E-state index is 13.5. The number of carboxylic acid groups (broad SMARTS) is 2. The SMILES string of the molecule is O=C(O)c1ccccc1Nc1ccc(C(F)(F)F)cc1Nc1ccc(CNCc2ccccc2)cc1C(=O)O. The molecule has 0 heterocycles. The van der Waals surface area contributed by atoms with Gasteiger partial charge in [-0.15, -0.1) is 0 Å². The molecule has 0 fully saturated rings. The fourth-order valence-corrected chi connectivity index (χ4v) is 3.94. The number of para-hydroxylation sites is 1. The average Bonchev–Trinajstić information content (AvgIpc) is 2.90. The number of carbonyl (C=O) groups is 2. The molecule has 10 heteroatoms. The van der Waals surface area contributed by atoms with Gasteiger partial charge >= 0.3 is 18.1 Å². The number of aromatic carboxylic acids is 2. The zero-order valence-corrected chi connectivity index (χ0v) is 20.4. The summed E-state index contributed by atoms with van der Waals surface area (Å²) < 4.78 is 40.5. The first-order chi connectivity index (χ1) is 18.6. The Morgan fingerprint density at radius 1 is 0.615 bits per heavy atom. The summed E-state index contributed by atoms with van der Waals surface area (Å²) in [6, 6.07) is 23.0. The highest BCUT2D eigenvalue weighted by Crippen LogP contribution is 2.37. The van der Waals surface area contributed by atoms with Gasteiger partial charge in [-0.2, -0.15) is 13.2 Å². The largest absolute Gasteiger partial charge is 0.478 e. The molecule has 0 unspecified atom stereocenters. The topological polar surface area (TPSA) is 111 Å². The van der Waals surface area contributed by atoms with E-state index >= 15 is 0 Å². The Labute approximate surface area is 221 Å². The first-order valence-electron chi connectivity index (χ1n) is 11.8. The molecule has 0 amide bonds. The number of hydrogen-bond donors (Lipinski definition) is 5. The molecule has 0 spiro atoms.